The maximum Gasteiger partial charge on any atom is 0.487 e. The van der Waals surface area contributed by atoms with Gasteiger partial charge in [-0.1, -0.05) is 0 Å². The number of pyridine rings is 1. The minimum absolute atomic E-state index is 0.141. The van der Waals surface area contributed by atoms with Crippen LogP contribution in [-0.2, 0) is 4.79 Å². The number of aliphatic hydroxyl groups is 1. The normalized spacial score (nSPS) is 25.1. The van der Waals surface area contributed by atoms with Crippen molar-refractivity contribution in [2.24, 2.45) is 10.2 Å². The molecule has 2 aliphatic rings. The molecule has 1 fully saturated rings. The van der Waals surface area contributed by atoms with Gasteiger partial charge in [0.2, 0.25) is 11.6 Å². The van der Waals surface area contributed by atoms with Crippen LogP contribution in [0.25, 0.3) is 0 Å². The van der Waals surface area contributed by atoms with E-state index in [4.69, 9.17) is 11.6 Å². The molecule has 3 heterocycles. The number of benzene rings is 1. The van der Waals surface area contributed by atoms with Crippen molar-refractivity contribution in [1.82, 2.24) is 4.98 Å². The Balaban J connectivity index is 1.54. The number of rotatable bonds is 6. The lowest BCUT2D eigenvalue weighted by Gasteiger charge is -2.36. The number of ether oxygens (including phenoxy) is 1. The van der Waals surface area contributed by atoms with Gasteiger partial charge in [-0.3, -0.25) is 9.78 Å². The van der Waals surface area contributed by atoms with Crippen molar-refractivity contribution < 1.29 is 23.4 Å². The molecule has 31 heavy (non-hydrogen) atoms. The number of nitrogens with zero attached hydrogens (tertiary/aromatic N) is 4. The summed E-state index contributed by atoms with van der Waals surface area (Å²) in [5, 5.41) is 21.4. The van der Waals surface area contributed by atoms with E-state index in [1.54, 1.807) is 29.4 Å². The van der Waals surface area contributed by atoms with E-state index in [2.05, 4.69) is 25.3 Å². The van der Waals surface area contributed by atoms with Crippen molar-refractivity contribution in [2.45, 2.75) is 36.2 Å². The number of halogens is 3. The number of alkyl halides is 3. The summed E-state index contributed by atoms with van der Waals surface area (Å²) in [5.74, 6) is -0.462. The molecule has 2 aliphatic heterocycles. The Hall–Kier alpha value is -3.11. The fourth-order valence-corrected chi connectivity index (χ4v) is 3.90. The van der Waals surface area contributed by atoms with Crippen LogP contribution in [0.15, 0.2) is 71.3 Å². The van der Waals surface area contributed by atoms with Crippen molar-refractivity contribution in [3.8, 4) is 5.75 Å². The molecule has 1 amide bonds. The van der Waals surface area contributed by atoms with Gasteiger partial charge in [-0.2, -0.15) is 5.11 Å². The molecule has 0 radical (unpaired) electrons. The fourth-order valence-electron chi connectivity index (χ4n) is 3.81. The first-order chi connectivity index (χ1) is 14.8. The van der Waals surface area contributed by atoms with Crippen molar-refractivity contribution >= 4 is 28.9 Å². The average molecular weight is 450 g/mol. The van der Waals surface area contributed by atoms with E-state index in [1.807, 2.05) is 0 Å². The molecular formula is C20H18ClF2N5O3. The van der Waals surface area contributed by atoms with Crippen molar-refractivity contribution in [1.29, 1.82) is 0 Å². The number of hydrogen-bond acceptors (Lipinski definition) is 7. The molecule has 0 aliphatic carbocycles. The Morgan fingerprint density at radius 1 is 1.23 bits per heavy atom. The molecule has 0 spiro atoms. The highest BCUT2D eigenvalue weighted by atomic mass is 35.5. The minimum Gasteiger partial charge on any atom is -0.420 e. The second-order valence-electron chi connectivity index (χ2n) is 7.10. The van der Waals surface area contributed by atoms with Gasteiger partial charge >= 0.3 is 5.57 Å². The van der Waals surface area contributed by atoms with Crippen molar-refractivity contribution in [3.05, 3.63) is 61.1 Å². The molecule has 2 N–H and O–H groups in total. The number of hydrogen-bond donors (Lipinski definition) is 2. The van der Waals surface area contributed by atoms with E-state index in [9.17, 15) is 18.7 Å². The Bertz CT molecular complexity index is 986. The summed E-state index contributed by atoms with van der Waals surface area (Å²) >= 11 is 4.76. The molecule has 8 nitrogen and oxygen atoms in total. The van der Waals surface area contributed by atoms with Crippen molar-refractivity contribution in [2.75, 3.05) is 10.2 Å². The van der Waals surface area contributed by atoms with Crippen LogP contribution in [0.4, 0.5) is 20.2 Å². The monoisotopic (exact) mass is 449 g/mol. The molecule has 2 aromatic rings. The lowest BCUT2D eigenvalue weighted by molar-refractivity contribution is -0.117. The maximum absolute atomic E-state index is 13.1. The lowest BCUT2D eigenvalue weighted by Crippen LogP contribution is -2.52. The van der Waals surface area contributed by atoms with Crippen LogP contribution in [0.3, 0.4) is 0 Å². The van der Waals surface area contributed by atoms with Crippen LogP contribution in [0.5, 0.6) is 5.75 Å². The van der Waals surface area contributed by atoms with Crippen LogP contribution < -0.4 is 15.0 Å². The fraction of sp³-hybridized carbons (Fsp3) is 0.300. The topological polar surface area (TPSA) is 99.4 Å². The van der Waals surface area contributed by atoms with Gasteiger partial charge in [0.15, 0.2) is 0 Å². The van der Waals surface area contributed by atoms with E-state index in [1.165, 1.54) is 36.5 Å². The summed E-state index contributed by atoms with van der Waals surface area (Å²) in [7, 11) is 0. The molecule has 1 saturated heterocycles. The minimum atomic E-state index is -3.82. The number of carbonyl (C=O) groups is 1. The van der Waals surface area contributed by atoms with E-state index in [-0.39, 0.29) is 11.7 Å². The number of nitrogens with one attached hydrogen (secondary N) is 1. The molecule has 0 saturated carbocycles. The highest BCUT2D eigenvalue weighted by molar-refractivity contribution is 6.20. The number of azo groups is 1. The molecule has 11 heteroatoms. The van der Waals surface area contributed by atoms with Crippen LogP contribution in [0.1, 0.15) is 12.8 Å². The molecule has 1 aromatic heterocycles. The largest absolute Gasteiger partial charge is 0.487 e. The zero-order valence-corrected chi connectivity index (χ0v) is 16.8. The first-order valence-corrected chi connectivity index (χ1v) is 9.80. The summed E-state index contributed by atoms with van der Waals surface area (Å²) in [6.45, 7) is 0. The van der Waals surface area contributed by atoms with Gasteiger partial charge in [-0.05, 0) is 55.3 Å². The van der Waals surface area contributed by atoms with Gasteiger partial charge in [0.05, 0.1) is 12.2 Å². The summed E-state index contributed by atoms with van der Waals surface area (Å²) in [4.78, 5) is 18.9. The number of carbonyl (C=O) groups excluding carboxylic acids is 1. The Morgan fingerprint density at radius 2 is 1.94 bits per heavy atom. The SMILES string of the molecule is O=C(Nc1ccc(OC(F)(F)Cl)cc1)[C@H]1CC[C@H]([C@]2(O)C=CN=N2)N1c1ccncc1. The third-order valence-electron chi connectivity index (χ3n) is 5.10. The van der Waals surface area contributed by atoms with Gasteiger partial charge < -0.3 is 20.1 Å². The molecular weight excluding hydrogens is 432 g/mol. The summed E-state index contributed by atoms with van der Waals surface area (Å²) < 4.78 is 29.8. The molecule has 4 rings (SSSR count). The predicted molar refractivity (Wildman–Crippen MR) is 109 cm³/mol. The summed E-state index contributed by atoms with van der Waals surface area (Å²) in [5.41, 5.74) is -4.26. The average Bonchev–Trinajstić information content (AvgIpc) is 3.36. The molecule has 3 atom stereocenters. The predicted octanol–water partition coefficient (Wildman–Crippen LogP) is 3.89. The summed E-state index contributed by atoms with van der Waals surface area (Å²) in [6.07, 6.45) is 7.08. The van der Waals surface area contributed by atoms with E-state index < -0.39 is 23.4 Å². The standard InChI is InChI=1S/C20H18ClF2N5O3/c21-20(22,23)31-15-3-1-13(2-4-15)26-18(29)16-5-6-17(19(30)9-12-25-27-19)28(16)14-7-10-24-11-8-14/h1-4,7-12,16-17,30H,5-6H2,(H,26,29)/t16-,17-,19-/m1/s1. The van der Waals surface area contributed by atoms with Crippen molar-refractivity contribution in [3.63, 3.8) is 0 Å². The zero-order valence-electron chi connectivity index (χ0n) is 16.0. The third kappa shape index (κ3) is 4.64. The number of aromatic nitrogens is 1. The van der Waals surface area contributed by atoms with Crippen LogP contribution in [-0.4, -0.2) is 39.4 Å². The lowest BCUT2D eigenvalue weighted by atomic mass is 10.0. The van der Waals surface area contributed by atoms with Gasteiger partial charge in [0.1, 0.15) is 11.8 Å². The van der Waals surface area contributed by atoms with E-state index >= 15 is 0 Å². The quantitative estimate of drug-likeness (QED) is 0.652. The first-order valence-electron chi connectivity index (χ1n) is 9.42. The number of amides is 1. The smallest absolute Gasteiger partial charge is 0.420 e. The van der Waals surface area contributed by atoms with Gasteiger partial charge in [-0.25, -0.2) is 0 Å². The second kappa shape index (κ2) is 8.20. The van der Waals surface area contributed by atoms with E-state index in [0.717, 1.165) is 0 Å². The van der Waals surface area contributed by atoms with Gasteiger partial charge in [0.25, 0.3) is 0 Å². The van der Waals surface area contributed by atoms with E-state index in [0.29, 0.717) is 24.2 Å². The maximum atomic E-state index is 13.1. The zero-order chi connectivity index (χ0) is 22.1. The second-order valence-corrected chi connectivity index (χ2v) is 7.54. The molecule has 1 aromatic carbocycles. The van der Waals surface area contributed by atoms with Gasteiger partial charge in [-0.15, -0.1) is 13.9 Å². The van der Waals surface area contributed by atoms with Crippen LogP contribution in [0, 0.1) is 0 Å². The Labute approximate surface area is 181 Å². The molecule has 162 valence electrons. The Kier molecular flexibility index (Phi) is 5.59. The highest BCUT2D eigenvalue weighted by Crippen LogP contribution is 2.39. The third-order valence-corrected chi connectivity index (χ3v) is 5.18. The van der Waals surface area contributed by atoms with Crippen LogP contribution >= 0.6 is 11.6 Å². The highest BCUT2D eigenvalue weighted by Gasteiger charge is 2.49. The van der Waals surface area contributed by atoms with Crippen LogP contribution in [0.2, 0.25) is 0 Å². The molecule has 0 unspecified atom stereocenters. The molecule has 0 bridgehead atoms. The first kappa shape index (κ1) is 21.1. The number of anilines is 2. The summed E-state index contributed by atoms with van der Waals surface area (Å²) in [6, 6.07) is 7.79. The Morgan fingerprint density at radius 3 is 2.55 bits per heavy atom. The van der Waals surface area contributed by atoms with Gasteiger partial charge in [0, 0.05) is 35.4 Å².